The van der Waals surface area contributed by atoms with Crippen molar-refractivity contribution in [3.63, 3.8) is 0 Å². The van der Waals surface area contributed by atoms with Crippen LogP contribution in [0.2, 0.25) is 0 Å². The second kappa shape index (κ2) is 7.22. The summed E-state index contributed by atoms with van der Waals surface area (Å²) in [5, 5.41) is 18.1. The first kappa shape index (κ1) is 13.9. The molecule has 0 aliphatic carbocycles. The number of hydrogen-bond donors (Lipinski definition) is 2. The molecule has 0 bridgehead atoms. The standard InChI is InChI=1S/C8H15O4.U/c1-2-3-11-8-6(10)5-12-7(8)4-9;/h5-10H,2-4H2,1H3;/q-1;/t6-,7+,8-;/m0./s1. The van der Waals surface area contributed by atoms with Crippen molar-refractivity contribution in [2.24, 2.45) is 0 Å². The number of aliphatic hydroxyl groups excluding tert-OH is 2. The van der Waals surface area contributed by atoms with E-state index < -0.39 is 18.3 Å². The van der Waals surface area contributed by atoms with E-state index in [4.69, 9.17) is 14.6 Å². The maximum atomic E-state index is 9.30. The number of aliphatic hydroxyl groups is 2. The van der Waals surface area contributed by atoms with E-state index in [2.05, 4.69) is 0 Å². The molecular weight excluding hydrogens is 398 g/mol. The Kier molecular flexibility index (Phi) is 7.71. The molecule has 0 aromatic rings. The van der Waals surface area contributed by atoms with Crippen molar-refractivity contribution in [3.8, 4) is 0 Å². The summed E-state index contributed by atoms with van der Waals surface area (Å²) in [6.45, 7) is 3.75. The summed E-state index contributed by atoms with van der Waals surface area (Å²) >= 11 is 0. The summed E-state index contributed by atoms with van der Waals surface area (Å²) in [6, 6.07) is 0. The molecule has 5 heteroatoms. The van der Waals surface area contributed by atoms with E-state index >= 15 is 0 Å². The Morgan fingerprint density at radius 3 is 2.77 bits per heavy atom. The van der Waals surface area contributed by atoms with E-state index in [-0.39, 0.29) is 37.7 Å². The van der Waals surface area contributed by atoms with E-state index in [1.807, 2.05) is 6.92 Å². The molecule has 1 aliphatic rings. The SMILES string of the molecule is CCCO[C@H]1[C@@H](O)[CH-]O[C@@H]1CO.[U]. The van der Waals surface area contributed by atoms with Gasteiger partial charge in [0.2, 0.25) is 0 Å². The van der Waals surface area contributed by atoms with Crippen molar-refractivity contribution < 1.29 is 50.8 Å². The van der Waals surface area contributed by atoms with Crippen LogP contribution in [0.3, 0.4) is 0 Å². The molecule has 13 heavy (non-hydrogen) atoms. The molecule has 0 aromatic carbocycles. The van der Waals surface area contributed by atoms with Gasteiger partial charge in [-0.05, 0) is 12.5 Å². The van der Waals surface area contributed by atoms with E-state index in [1.54, 1.807) is 0 Å². The van der Waals surface area contributed by atoms with Gasteiger partial charge in [0, 0.05) is 37.7 Å². The van der Waals surface area contributed by atoms with Gasteiger partial charge >= 0.3 is 0 Å². The molecule has 1 heterocycles. The first-order chi connectivity index (χ1) is 5.79. The van der Waals surface area contributed by atoms with Crippen LogP contribution in [0.25, 0.3) is 0 Å². The molecule has 3 atom stereocenters. The van der Waals surface area contributed by atoms with Gasteiger partial charge in [-0.25, -0.2) is 0 Å². The minimum Gasteiger partial charge on any atom is -0.544 e. The fraction of sp³-hybridized carbons (Fsp3) is 0.875. The average molecular weight is 413 g/mol. The van der Waals surface area contributed by atoms with Gasteiger partial charge < -0.3 is 19.7 Å². The zero-order valence-corrected chi connectivity index (χ0v) is 11.8. The smallest absolute Gasteiger partial charge is 0.0829 e. The third kappa shape index (κ3) is 3.87. The molecule has 0 amide bonds. The van der Waals surface area contributed by atoms with Crippen LogP contribution >= 0.6 is 0 Å². The van der Waals surface area contributed by atoms with E-state index in [0.29, 0.717) is 6.61 Å². The molecule has 0 unspecified atom stereocenters. The predicted octanol–water partition coefficient (Wildman–Crippen LogP) is -0.305. The summed E-state index contributed by atoms with van der Waals surface area (Å²) in [6.07, 6.45) is -0.642. The fourth-order valence-electron chi connectivity index (χ4n) is 1.16. The molecule has 2 N–H and O–H groups in total. The number of rotatable bonds is 4. The van der Waals surface area contributed by atoms with Gasteiger partial charge in [-0.3, -0.25) is 0 Å². The predicted molar refractivity (Wildman–Crippen MR) is 42.3 cm³/mol. The molecule has 0 saturated carbocycles. The van der Waals surface area contributed by atoms with Gasteiger partial charge in [0.15, 0.2) is 0 Å². The van der Waals surface area contributed by atoms with Crippen LogP contribution in [-0.2, 0) is 9.47 Å². The maximum Gasteiger partial charge on any atom is 0.0829 e. The zero-order chi connectivity index (χ0) is 8.97. The molecule has 1 rings (SSSR count). The second-order valence-corrected chi connectivity index (χ2v) is 2.82. The second-order valence-electron chi connectivity index (χ2n) is 2.82. The quantitative estimate of drug-likeness (QED) is 0.622. The van der Waals surface area contributed by atoms with Crippen LogP contribution in [0.4, 0.5) is 0 Å². The monoisotopic (exact) mass is 413 g/mol. The van der Waals surface area contributed by atoms with Gasteiger partial charge in [0.25, 0.3) is 0 Å². The maximum absolute atomic E-state index is 9.30. The van der Waals surface area contributed by atoms with Gasteiger partial charge in [-0.15, -0.1) is 0 Å². The summed E-state index contributed by atoms with van der Waals surface area (Å²) in [5.41, 5.74) is 0. The molecule has 0 radical (unpaired) electrons. The minimum atomic E-state index is -0.714. The minimum absolute atomic E-state index is 0. The largest absolute Gasteiger partial charge is 0.544 e. The Morgan fingerprint density at radius 2 is 2.23 bits per heavy atom. The van der Waals surface area contributed by atoms with Crippen molar-refractivity contribution in [2.45, 2.75) is 31.7 Å². The fourth-order valence-corrected chi connectivity index (χ4v) is 1.16. The van der Waals surface area contributed by atoms with Crippen LogP contribution in [0.15, 0.2) is 0 Å². The Labute approximate surface area is 102 Å². The van der Waals surface area contributed by atoms with Gasteiger partial charge in [-0.1, -0.05) is 6.92 Å². The molecule has 0 aromatic heterocycles. The summed E-state index contributed by atoms with van der Waals surface area (Å²) in [5.74, 6) is 0. The van der Waals surface area contributed by atoms with Crippen molar-refractivity contribution in [1.29, 1.82) is 0 Å². The van der Waals surface area contributed by atoms with Gasteiger partial charge in [-0.2, -0.15) is 6.61 Å². The topological polar surface area (TPSA) is 58.9 Å². The van der Waals surface area contributed by atoms with E-state index in [0.717, 1.165) is 6.42 Å². The number of ether oxygens (including phenoxy) is 2. The van der Waals surface area contributed by atoms with Crippen LogP contribution in [-0.4, -0.2) is 41.7 Å². The van der Waals surface area contributed by atoms with E-state index in [9.17, 15) is 5.11 Å². The van der Waals surface area contributed by atoms with Crippen molar-refractivity contribution in [1.82, 2.24) is 0 Å². The van der Waals surface area contributed by atoms with Crippen LogP contribution < -0.4 is 0 Å². The summed E-state index contributed by atoms with van der Waals surface area (Å²) in [4.78, 5) is 0. The Balaban J connectivity index is 0.00000144. The molecule has 1 saturated heterocycles. The Morgan fingerprint density at radius 1 is 1.54 bits per heavy atom. The summed E-state index contributed by atoms with van der Waals surface area (Å²) in [7, 11) is 0. The van der Waals surface area contributed by atoms with Crippen LogP contribution in [0.1, 0.15) is 13.3 Å². The van der Waals surface area contributed by atoms with Crippen LogP contribution in [0, 0.1) is 37.7 Å². The molecule has 0 spiro atoms. The van der Waals surface area contributed by atoms with Crippen molar-refractivity contribution >= 4 is 0 Å². The Hall–Kier alpha value is 0.892. The molecule has 1 aliphatic heterocycles. The van der Waals surface area contributed by atoms with Crippen molar-refractivity contribution in [3.05, 3.63) is 6.61 Å². The third-order valence-corrected chi connectivity index (χ3v) is 1.79. The molecule has 1 fully saturated rings. The van der Waals surface area contributed by atoms with Crippen molar-refractivity contribution in [2.75, 3.05) is 13.2 Å². The van der Waals surface area contributed by atoms with Crippen LogP contribution in [0.5, 0.6) is 0 Å². The first-order valence-corrected chi connectivity index (χ1v) is 4.19. The zero-order valence-electron chi connectivity index (χ0n) is 7.64. The summed E-state index contributed by atoms with van der Waals surface area (Å²) < 4.78 is 10.3. The van der Waals surface area contributed by atoms with E-state index in [1.165, 1.54) is 6.61 Å². The van der Waals surface area contributed by atoms with Gasteiger partial charge in [0.05, 0.1) is 18.8 Å². The Bertz CT molecular complexity index is 133. The van der Waals surface area contributed by atoms with Gasteiger partial charge in [0.1, 0.15) is 0 Å². The molecular formula is C8H15O4U-. The molecule has 76 valence electrons. The normalized spacial score (nSPS) is 33.0. The first-order valence-electron chi connectivity index (χ1n) is 4.19. The molecule has 4 nitrogen and oxygen atoms in total. The number of hydrogen-bond acceptors (Lipinski definition) is 4. The average Bonchev–Trinajstić information content (AvgIpc) is 2.43. The third-order valence-electron chi connectivity index (χ3n) is 1.79.